The van der Waals surface area contributed by atoms with E-state index < -0.39 is 60.6 Å². The summed E-state index contributed by atoms with van der Waals surface area (Å²) in [7, 11) is 0. The number of ether oxygens (including phenoxy) is 2. The summed E-state index contributed by atoms with van der Waals surface area (Å²) in [5, 5.41) is 9.67. The molecule has 0 aliphatic rings. The Hall–Kier alpha value is -3.68. The van der Waals surface area contributed by atoms with Gasteiger partial charge < -0.3 is 19.5 Å². The smallest absolute Gasteiger partial charge is 0.455 e. The summed E-state index contributed by atoms with van der Waals surface area (Å²) in [6.45, 7) is -1.91. The van der Waals surface area contributed by atoms with E-state index in [2.05, 4.69) is 4.74 Å². The molecule has 0 aliphatic carbocycles. The van der Waals surface area contributed by atoms with E-state index in [1.165, 1.54) is 30.3 Å². The predicted molar refractivity (Wildman–Crippen MR) is 114 cm³/mol. The lowest BCUT2D eigenvalue weighted by atomic mass is 10.1. The molecule has 4 nitrogen and oxygen atoms in total. The van der Waals surface area contributed by atoms with Crippen LogP contribution in [0.15, 0.2) is 66.7 Å². The molecule has 1 unspecified atom stereocenters. The third kappa shape index (κ3) is 7.91. The molecule has 3 rings (SSSR count). The summed E-state index contributed by atoms with van der Waals surface area (Å²) >= 11 is 0. The van der Waals surface area contributed by atoms with Crippen LogP contribution in [-0.4, -0.2) is 30.3 Å². The fourth-order valence-electron chi connectivity index (χ4n) is 3.28. The molecule has 0 radical (unpaired) electrons. The second-order valence-corrected chi connectivity index (χ2v) is 7.83. The summed E-state index contributed by atoms with van der Waals surface area (Å²) in [6.07, 6.45) is -17.9. The fourth-order valence-corrected chi connectivity index (χ4v) is 3.28. The SMILES string of the molecule is OC(CN(Cc1ccc(C(F)(F)F)cc1F)c1ccccc1Oc1cccc(OC(F)(F)F)c1)C(F)(F)F. The van der Waals surface area contributed by atoms with Crippen LogP contribution in [0.1, 0.15) is 11.1 Å². The third-order valence-electron chi connectivity index (χ3n) is 4.99. The molecule has 14 heteroatoms. The number of hydrogen-bond donors (Lipinski definition) is 1. The minimum absolute atomic E-state index is 0.169. The van der Waals surface area contributed by atoms with E-state index in [9.17, 15) is 49.0 Å². The maximum Gasteiger partial charge on any atom is 0.573 e. The summed E-state index contributed by atoms with van der Waals surface area (Å²) in [5.41, 5.74) is -1.91. The number of anilines is 1. The first-order chi connectivity index (χ1) is 17.5. The first kappa shape index (κ1) is 28.9. The van der Waals surface area contributed by atoms with Crippen LogP contribution in [0.4, 0.5) is 49.6 Å². The van der Waals surface area contributed by atoms with Crippen molar-refractivity contribution in [2.24, 2.45) is 0 Å². The van der Waals surface area contributed by atoms with Crippen LogP contribution in [0.2, 0.25) is 0 Å². The normalized spacial score (nSPS) is 13.2. The van der Waals surface area contributed by atoms with Crippen molar-refractivity contribution in [3.63, 3.8) is 0 Å². The average Bonchev–Trinajstić information content (AvgIpc) is 2.78. The van der Waals surface area contributed by atoms with E-state index in [1.54, 1.807) is 0 Å². The van der Waals surface area contributed by atoms with Crippen molar-refractivity contribution in [1.82, 2.24) is 0 Å². The molecule has 0 saturated heterocycles. The molecule has 38 heavy (non-hydrogen) atoms. The van der Waals surface area contributed by atoms with Crippen molar-refractivity contribution in [2.45, 2.75) is 31.4 Å². The van der Waals surface area contributed by atoms with Gasteiger partial charge in [0.1, 0.15) is 17.3 Å². The van der Waals surface area contributed by atoms with Gasteiger partial charge in [0.25, 0.3) is 0 Å². The van der Waals surface area contributed by atoms with E-state index in [0.717, 1.165) is 29.2 Å². The Labute approximate surface area is 208 Å². The molecule has 1 N–H and O–H groups in total. The Bertz CT molecular complexity index is 1240. The number of halogens is 10. The first-order valence-electron chi connectivity index (χ1n) is 10.5. The number of alkyl halides is 9. The Morgan fingerprint density at radius 1 is 0.789 bits per heavy atom. The fraction of sp³-hybridized carbons (Fsp3) is 0.250. The molecule has 0 amide bonds. The number of aliphatic hydroxyl groups is 1. The summed E-state index contributed by atoms with van der Waals surface area (Å²) in [4.78, 5) is 0.815. The van der Waals surface area contributed by atoms with Gasteiger partial charge in [-0.15, -0.1) is 13.2 Å². The maximum atomic E-state index is 14.5. The van der Waals surface area contributed by atoms with E-state index >= 15 is 0 Å². The maximum absolute atomic E-state index is 14.5. The highest BCUT2D eigenvalue weighted by atomic mass is 19.4. The Kier molecular flexibility index (Phi) is 8.34. The van der Waals surface area contributed by atoms with Gasteiger partial charge in [0, 0.05) is 18.2 Å². The van der Waals surface area contributed by atoms with Gasteiger partial charge in [-0.3, -0.25) is 0 Å². The molecule has 0 aliphatic heterocycles. The predicted octanol–water partition coefficient (Wildman–Crippen LogP) is 7.47. The van der Waals surface area contributed by atoms with E-state index in [4.69, 9.17) is 4.74 Å². The van der Waals surface area contributed by atoms with Crippen molar-refractivity contribution < 1.29 is 58.5 Å². The average molecular weight is 557 g/mol. The Balaban J connectivity index is 1.98. The highest BCUT2D eigenvalue weighted by Gasteiger charge is 2.40. The molecule has 0 aromatic heterocycles. The highest BCUT2D eigenvalue weighted by Crippen LogP contribution is 2.37. The lowest BCUT2D eigenvalue weighted by molar-refractivity contribution is -0.274. The number of benzene rings is 3. The van der Waals surface area contributed by atoms with Crippen molar-refractivity contribution in [2.75, 3.05) is 11.4 Å². The minimum atomic E-state index is -5.10. The molecule has 0 heterocycles. The van der Waals surface area contributed by atoms with Crippen molar-refractivity contribution in [3.05, 3.63) is 83.7 Å². The van der Waals surface area contributed by atoms with Gasteiger partial charge in [-0.1, -0.05) is 24.3 Å². The largest absolute Gasteiger partial charge is 0.573 e. The summed E-state index contributed by atoms with van der Waals surface area (Å²) < 4.78 is 140. The Morgan fingerprint density at radius 3 is 2.05 bits per heavy atom. The molecule has 0 bridgehead atoms. The molecule has 0 spiro atoms. The lowest BCUT2D eigenvalue weighted by Gasteiger charge is -2.30. The van der Waals surface area contributed by atoms with Gasteiger partial charge >= 0.3 is 18.7 Å². The number of rotatable bonds is 8. The molecule has 3 aromatic carbocycles. The molecule has 0 fully saturated rings. The first-order valence-corrected chi connectivity index (χ1v) is 10.5. The van der Waals surface area contributed by atoms with Crippen molar-refractivity contribution in [1.29, 1.82) is 0 Å². The van der Waals surface area contributed by atoms with E-state index in [-0.39, 0.29) is 23.3 Å². The standard InChI is InChI=1S/C24H17F10NO3/c25-18-10-15(22(26,27)28)9-8-14(18)12-35(13-21(36)23(29,30)31)19-6-1-2-7-20(19)37-16-4-3-5-17(11-16)38-24(32,33)34/h1-11,21,36H,12-13H2. The lowest BCUT2D eigenvalue weighted by Crippen LogP contribution is -2.41. The van der Waals surface area contributed by atoms with Crippen LogP contribution in [0, 0.1) is 5.82 Å². The third-order valence-corrected chi connectivity index (χ3v) is 4.99. The van der Waals surface area contributed by atoms with Crippen molar-refractivity contribution >= 4 is 5.69 Å². The monoisotopic (exact) mass is 557 g/mol. The van der Waals surface area contributed by atoms with E-state index in [0.29, 0.717) is 6.07 Å². The quantitative estimate of drug-likeness (QED) is 0.292. The van der Waals surface area contributed by atoms with Gasteiger partial charge in [0.2, 0.25) is 0 Å². The molecule has 0 saturated carbocycles. The highest BCUT2D eigenvalue weighted by molar-refractivity contribution is 5.60. The van der Waals surface area contributed by atoms with Crippen LogP contribution in [-0.2, 0) is 12.7 Å². The Morgan fingerprint density at radius 2 is 1.45 bits per heavy atom. The number of para-hydroxylation sites is 2. The molecule has 1 atom stereocenters. The van der Waals surface area contributed by atoms with Crippen molar-refractivity contribution in [3.8, 4) is 17.2 Å². The molecule has 3 aromatic rings. The minimum Gasteiger partial charge on any atom is -0.455 e. The van der Waals surface area contributed by atoms with Gasteiger partial charge in [-0.25, -0.2) is 4.39 Å². The van der Waals surface area contributed by atoms with Gasteiger partial charge in [-0.2, -0.15) is 26.3 Å². The zero-order chi connectivity index (χ0) is 28.3. The van der Waals surface area contributed by atoms with Crippen LogP contribution >= 0.6 is 0 Å². The zero-order valence-electron chi connectivity index (χ0n) is 18.8. The van der Waals surface area contributed by atoms with Crippen LogP contribution < -0.4 is 14.4 Å². The van der Waals surface area contributed by atoms with Crippen LogP contribution in [0.25, 0.3) is 0 Å². The second-order valence-electron chi connectivity index (χ2n) is 7.83. The summed E-state index contributed by atoms with van der Waals surface area (Å²) in [6, 6.07) is 10.9. The van der Waals surface area contributed by atoms with Gasteiger partial charge in [0.15, 0.2) is 11.9 Å². The zero-order valence-corrected chi connectivity index (χ0v) is 18.8. The topological polar surface area (TPSA) is 41.9 Å². The molecule has 206 valence electrons. The second kappa shape index (κ2) is 11.0. The number of aliphatic hydroxyl groups excluding tert-OH is 1. The summed E-state index contributed by atoms with van der Waals surface area (Å²) in [5.74, 6) is -2.43. The number of hydrogen-bond acceptors (Lipinski definition) is 4. The number of nitrogens with zero attached hydrogens (tertiary/aromatic N) is 1. The molecular formula is C24H17F10NO3. The van der Waals surface area contributed by atoms with Crippen LogP contribution in [0.5, 0.6) is 17.2 Å². The van der Waals surface area contributed by atoms with Gasteiger partial charge in [0.05, 0.1) is 17.8 Å². The van der Waals surface area contributed by atoms with Gasteiger partial charge in [-0.05, 0) is 36.4 Å². The van der Waals surface area contributed by atoms with Crippen LogP contribution in [0.3, 0.4) is 0 Å². The molecular weight excluding hydrogens is 540 g/mol. The van der Waals surface area contributed by atoms with E-state index in [1.807, 2.05) is 0 Å².